The minimum absolute atomic E-state index is 0. The van der Waals surface area contributed by atoms with E-state index in [1.807, 2.05) is 21.1 Å². The number of allylic oxidation sites excluding steroid dienone is 1. The van der Waals surface area contributed by atoms with Crippen LogP contribution in [0.1, 0.15) is 13.3 Å². The molecule has 0 N–H and O–H groups in total. The first-order valence-corrected chi connectivity index (χ1v) is 6.55. The Hall–Kier alpha value is -0.630. The SMILES string of the molecule is C=CC1CC1(C(=O)OCC)C(=O)OCC[N+](C)(C)C.[I-]. The van der Waals surface area contributed by atoms with Crippen LogP contribution in [0.2, 0.25) is 0 Å². The lowest BCUT2D eigenvalue weighted by Crippen LogP contribution is -3.00. The summed E-state index contributed by atoms with van der Waals surface area (Å²) in [5, 5.41) is 0. The minimum Gasteiger partial charge on any atom is -1.00 e. The average molecular weight is 397 g/mol. The Morgan fingerprint density at radius 3 is 2.25 bits per heavy atom. The summed E-state index contributed by atoms with van der Waals surface area (Å²) in [4.78, 5) is 24.0. The molecule has 1 aliphatic carbocycles. The number of carbonyl (C=O) groups is 2. The van der Waals surface area contributed by atoms with Gasteiger partial charge >= 0.3 is 11.9 Å². The maximum absolute atomic E-state index is 12.1. The Labute approximate surface area is 137 Å². The van der Waals surface area contributed by atoms with Crippen molar-refractivity contribution in [1.29, 1.82) is 0 Å². The van der Waals surface area contributed by atoms with Gasteiger partial charge in [-0.15, -0.1) is 6.58 Å². The molecule has 1 aliphatic rings. The lowest BCUT2D eigenvalue weighted by Gasteiger charge is -2.24. The van der Waals surface area contributed by atoms with E-state index in [-0.39, 0.29) is 36.5 Å². The molecule has 0 bridgehead atoms. The van der Waals surface area contributed by atoms with Crippen molar-refractivity contribution in [2.45, 2.75) is 13.3 Å². The van der Waals surface area contributed by atoms with Crippen molar-refractivity contribution >= 4 is 11.9 Å². The Kier molecular flexibility index (Phi) is 7.17. The topological polar surface area (TPSA) is 52.6 Å². The van der Waals surface area contributed by atoms with Gasteiger partial charge in [0.1, 0.15) is 13.2 Å². The molecule has 0 aliphatic heterocycles. The molecule has 0 radical (unpaired) electrons. The number of quaternary nitrogens is 1. The fourth-order valence-electron chi connectivity index (χ4n) is 1.93. The van der Waals surface area contributed by atoms with Crippen molar-refractivity contribution in [3.63, 3.8) is 0 Å². The molecule has 2 unspecified atom stereocenters. The van der Waals surface area contributed by atoms with Crippen molar-refractivity contribution in [3.05, 3.63) is 12.7 Å². The zero-order valence-corrected chi connectivity index (χ0v) is 14.8. The molecule has 0 spiro atoms. The monoisotopic (exact) mass is 397 g/mol. The first-order chi connectivity index (χ1) is 8.78. The van der Waals surface area contributed by atoms with Crippen LogP contribution in [0.4, 0.5) is 0 Å². The van der Waals surface area contributed by atoms with Gasteiger partial charge in [-0.05, 0) is 13.3 Å². The Balaban J connectivity index is 0.00000361. The third-order valence-electron chi connectivity index (χ3n) is 3.30. The molecule has 1 rings (SSSR count). The maximum Gasteiger partial charge on any atom is 0.324 e. The highest BCUT2D eigenvalue weighted by atomic mass is 127. The van der Waals surface area contributed by atoms with Crippen LogP contribution in [0.5, 0.6) is 0 Å². The van der Waals surface area contributed by atoms with Crippen LogP contribution in [0, 0.1) is 11.3 Å². The van der Waals surface area contributed by atoms with E-state index in [1.54, 1.807) is 13.0 Å². The summed E-state index contributed by atoms with van der Waals surface area (Å²) in [7, 11) is 6.04. The molecule has 20 heavy (non-hydrogen) atoms. The fraction of sp³-hybridized carbons (Fsp3) is 0.714. The van der Waals surface area contributed by atoms with Gasteiger partial charge in [0.05, 0.1) is 27.7 Å². The number of halogens is 1. The second-order valence-electron chi connectivity index (χ2n) is 5.89. The van der Waals surface area contributed by atoms with Gasteiger partial charge in [-0.1, -0.05) is 6.08 Å². The van der Waals surface area contributed by atoms with Crippen LogP contribution in [-0.4, -0.2) is 57.3 Å². The van der Waals surface area contributed by atoms with E-state index in [9.17, 15) is 9.59 Å². The van der Waals surface area contributed by atoms with Crippen LogP contribution < -0.4 is 24.0 Å². The fourth-order valence-corrected chi connectivity index (χ4v) is 1.93. The molecule has 6 heteroatoms. The van der Waals surface area contributed by atoms with Gasteiger partial charge in [-0.25, -0.2) is 0 Å². The van der Waals surface area contributed by atoms with Gasteiger partial charge in [-0.3, -0.25) is 9.59 Å². The second kappa shape index (κ2) is 7.40. The third kappa shape index (κ3) is 4.44. The third-order valence-corrected chi connectivity index (χ3v) is 3.30. The minimum atomic E-state index is -1.14. The number of nitrogens with zero attached hydrogens (tertiary/aromatic N) is 1. The largest absolute Gasteiger partial charge is 1.00 e. The lowest BCUT2D eigenvalue weighted by atomic mass is 10.0. The summed E-state index contributed by atoms with van der Waals surface area (Å²) in [5.41, 5.74) is -1.14. The zero-order valence-electron chi connectivity index (χ0n) is 12.6. The van der Waals surface area contributed by atoms with Gasteiger partial charge < -0.3 is 37.9 Å². The molecule has 5 nitrogen and oxygen atoms in total. The standard InChI is InChI=1S/C14H24NO4.HI/c1-6-11-10-14(11,12(16)18-7-2)13(17)19-9-8-15(3,4)5;/h6,11H,1,7-10H2,2-5H3;1H/q+1;/p-1. The molecule has 0 saturated heterocycles. The van der Waals surface area contributed by atoms with Crippen molar-refractivity contribution in [3.8, 4) is 0 Å². The van der Waals surface area contributed by atoms with Crippen LogP contribution in [0.3, 0.4) is 0 Å². The normalized spacial score (nSPS) is 24.3. The molecule has 0 aromatic carbocycles. The lowest BCUT2D eigenvalue weighted by molar-refractivity contribution is -0.870. The summed E-state index contributed by atoms with van der Waals surface area (Å²) < 4.78 is 10.9. The highest BCUT2D eigenvalue weighted by Gasteiger charge is 2.67. The van der Waals surface area contributed by atoms with Crippen molar-refractivity contribution in [2.24, 2.45) is 11.3 Å². The van der Waals surface area contributed by atoms with Crippen molar-refractivity contribution < 1.29 is 47.5 Å². The van der Waals surface area contributed by atoms with E-state index in [1.165, 1.54) is 0 Å². The molecule has 0 amide bonds. The van der Waals surface area contributed by atoms with E-state index in [0.29, 0.717) is 24.1 Å². The summed E-state index contributed by atoms with van der Waals surface area (Å²) in [6.07, 6.45) is 2.07. The highest BCUT2D eigenvalue weighted by molar-refractivity contribution is 6.04. The van der Waals surface area contributed by atoms with E-state index in [4.69, 9.17) is 9.47 Å². The number of rotatable bonds is 7. The van der Waals surface area contributed by atoms with Crippen molar-refractivity contribution in [1.82, 2.24) is 0 Å². The van der Waals surface area contributed by atoms with E-state index in [0.717, 1.165) is 0 Å². The molecule has 0 aromatic heterocycles. The molecule has 116 valence electrons. The first-order valence-electron chi connectivity index (χ1n) is 6.55. The molecule has 1 fully saturated rings. The van der Waals surface area contributed by atoms with E-state index < -0.39 is 17.4 Å². The van der Waals surface area contributed by atoms with Gasteiger partial charge in [0.2, 0.25) is 0 Å². The van der Waals surface area contributed by atoms with Gasteiger partial charge in [0, 0.05) is 5.92 Å². The molecule has 1 saturated carbocycles. The molecule has 2 atom stereocenters. The number of ether oxygens (including phenoxy) is 2. The van der Waals surface area contributed by atoms with E-state index >= 15 is 0 Å². The summed E-state index contributed by atoms with van der Waals surface area (Å²) in [6, 6.07) is 0. The smallest absolute Gasteiger partial charge is 0.324 e. The highest BCUT2D eigenvalue weighted by Crippen LogP contribution is 2.55. The van der Waals surface area contributed by atoms with Crippen LogP contribution in [0.25, 0.3) is 0 Å². The number of hydrogen-bond donors (Lipinski definition) is 0. The van der Waals surface area contributed by atoms with E-state index in [2.05, 4.69) is 6.58 Å². The average Bonchev–Trinajstić information content (AvgIpc) is 3.03. The number of likely N-dealkylation sites (N-methyl/N-ethyl adjacent to an activating group) is 1. The summed E-state index contributed by atoms with van der Waals surface area (Å²) >= 11 is 0. The zero-order chi connectivity index (χ0) is 14.7. The van der Waals surface area contributed by atoms with Gasteiger partial charge in [-0.2, -0.15) is 0 Å². The Morgan fingerprint density at radius 2 is 1.85 bits per heavy atom. The molecular weight excluding hydrogens is 373 g/mol. The first kappa shape index (κ1) is 19.4. The summed E-state index contributed by atoms with van der Waals surface area (Å²) in [6.45, 7) is 6.62. The molecule has 0 heterocycles. The quantitative estimate of drug-likeness (QED) is 0.164. The number of esters is 2. The number of hydrogen-bond acceptors (Lipinski definition) is 4. The molecular formula is C14H24INO4. The van der Waals surface area contributed by atoms with Crippen LogP contribution in [-0.2, 0) is 19.1 Å². The van der Waals surface area contributed by atoms with Crippen LogP contribution in [0.15, 0.2) is 12.7 Å². The van der Waals surface area contributed by atoms with Crippen molar-refractivity contribution in [2.75, 3.05) is 40.9 Å². The van der Waals surface area contributed by atoms with Gasteiger partial charge in [0.15, 0.2) is 5.41 Å². The summed E-state index contributed by atoms with van der Waals surface area (Å²) in [5.74, 6) is -1.14. The number of carbonyl (C=O) groups excluding carboxylic acids is 2. The maximum atomic E-state index is 12.1. The van der Waals surface area contributed by atoms with Gasteiger partial charge in [0.25, 0.3) is 0 Å². The predicted octanol–water partition coefficient (Wildman–Crippen LogP) is -2.00. The van der Waals surface area contributed by atoms with Crippen LogP contribution >= 0.6 is 0 Å². The Bertz CT molecular complexity index is 378. The predicted molar refractivity (Wildman–Crippen MR) is 71.2 cm³/mol. The molecule has 0 aromatic rings. The Morgan fingerprint density at radius 1 is 1.30 bits per heavy atom. The second-order valence-corrected chi connectivity index (χ2v) is 5.89.